The van der Waals surface area contributed by atoms with Gasteiger partial charge in [0.25, 0.3) is 0 Å². The minimum absolute atomic E-state index is 0.0408. The van der Waals surface area contributed by atoms with Crippen LogP contribution in [0.1, 0.15) is 11.4 Å². The van der Waals surface area contributed by atoms with Gasteiger partial charge >= 0.3 is 12.4 Å². The van der Waals surface area contributed by atoms with Gasteiger partial charge in [0.15, 0.2) is 0 Å². The smallest absolute Gasteiger partial charge is 0.242 e. The van der Waals surface area contributed by atoms with Crippen LogP contribution in [-0.4, -0.2) is 9.97 Å². The Morgan fingerprint density at radius 3 is 1.90 bits per heavy atom. The molecule has 0 saturated carbocycles. The van der Waals surface area contributed by atoms with Crippen molar-refractivity contribution in [2.45, 2.75) is 12.4 Å². The Kier molecular flexibility index (Phi) is 3.96. The molecular weight excluding hydrogens is 366 g/mol. The van der Waals surface area contributed by atoms with Crippen molar-refractivity contribution in [2.24, 2.45) is 0 Å². The molecule has 2 aromatic rings. The Bertz CT molecular complexity index is 666. The van der Waals surface area contributed by atoms with Crippen LogP contribution in [0.3, 0.4) is 0 Å². The van der Waals surface area contributed by atoms with E-state index in [0.717, 1.165) is 30.3 Å². The molecule has 2 heterocycles. The number of halogens is 7. The van der Waals surface area contributed by atoms with Crippen LogP contribution in [0, 0.1) is 0 Å². The van der Waals surface area contributed by atoms with Crippen LogP contribution in [0.25, 0.3) is 11.4 Å². The van der Waals surface area contributed by atoms with Crippen LogP contribution in [-0.2, 0) is 12.4 Å². The molecule has 2 aromatic heterocycles. The Morgan fingerprint density at radius 1 is 0.762 bits per heavy atom. The molecule has 112 valence electrons. The maximum atomic E-state index is 12.6. The Morgan fingerprint density at radius 2 is 1.33 bits per heavy atom. The Labute approximate surface area is 123 Å². The molecule has 9 heteroatoms. The molecule has 0 aliphatic carbocycles. The Hall–Kier alpha value is -1.64. The van der Waals surface area contributed by atoms with Crippen molar-refractivity contribution in [1.82, 2.24) is 9.97 Å². The molecule has 0 aliphatic rings. The van der Waals surface area contributed by atoms with E-state index in [2.05, 4.69) is 25.9 Å². The summed E-state index contributed by atoms with van der Waals surface area (Å²) in [6.45, 7) is 0. The van der Waals surface area contributed by atoms with E-state index in [1.165, 1.54) is 0 Å². The summed E-state index contributed by atoms with van der Waals surface area (Å²) < 4.78 is 75.7. The third-order valence-electron chi connectivity index (χ3n) is 2.38. The van der Waals surface area contributed by atoms with Crippen LogP contribution in [0.2, 0.25) is 0 Å². The quantitative estimate of drug-likeness (QED) is 0.664. The monoisotopic (exact) mass is 370 g/mol. The summed E-state index contributed by atoms with van der Waals surface area (Å²) in [5.74, 6) is 0. The molecule has 0 aliphatic heterocycles. The second-order valence-electron chi connectivity index (χ2n) is 3.96. The summed E-state index contributed by atoms with van der Waals surface area (Å²) in [5, 5.41) is 0. The molecule has 0 saturated heterocycles. The number of alkyl halides is 6. The van der Waals surface area contributed by atoms with Gasteiger partial charge < -0.3 is 0 Å². The van der Waals surface area contributed by atoms with Gasteiger partial charge in [0, 0.05) is 4.47 Å². The predicted molar refractivity (Wildman–Crippen MR) is 65.2 cm³/mol. The molecular formula is C12H5BrF6N2. The fourth-order valence-electron chi connectivity index (χ4n) is 1.51. The number of rotatable bonds is 1. The number of aromatic nitrogens is 2. The van der Waals surface area contributed by atoms with E-state index in [0.29, 0.717) is 0 Å². The van der Waals surface area contributed by atoms with Gasteiger partial charge in [0.2, 0.25) is 0 Å². The first-order chi connectivity index (χ1) is 9.57. The van der Waals surface area contributed by atoms with Crippen molar-refractivity contribution in [2.75, 3.05) is 0 Å². The second-order valence-corrected chi connectivity index (χ2v) is 4.88. The van der Waals surface area contributed by atoms with E-state index in [9.17, 15) is 26.3 Å². The van der Waals surface area contributed by atoms with E-state index in [1.807, 2.05) is 0 Å². The van der Waals surface area contributed by atoms with Gasteiger partial charge in [-0.15, -0.1) is 0 Å². The summed E-state index contributed by atoms with van der Waals surface area (Å²) in [5.41, 5.74) is -3.01. The van der Waals surface area contributed by atoms with Crippen LogP contribution in [0.5, 0.6) is 0 Å². The first-order valence-electron chi connectivity index (χ1n) is 5.37. The predicted octanol–water partition coefficient (Wildman–Crippen LogP) is 4.94. The number of hydrogen-bond donors (Lipinski definition) is 0. The van der Waals surface area contributed by atoms with E-state index in [-0.39, 0.29) is 15.9 Å². The van der Waals surface area contributed by atoms with Gasteiger partial charge in [-0.3, -0.25) is 0 Å². The third-order valence-corrected chi connectivity index (χ3v) is 2.84. The average Bonchev–Trinajstić information content (AvgIpc) is 2.36. The average molecular weight is 371 g/mol. The van der Waals surface area contributed by atoms with Crippen molar-refractivity contribution in [3.05, 3.63) is 46.2 Å². The normalized spacial score (nSPS) is 12.5. The lowest BCUT2D eigenvalue weighted by atomic mass is 10.2. The van der Waals surface area contributed by atoms with E-state index < -0.39 is 23.7 Å². The molecule has 0 bridgehead atoms. The van der Waals surface area contributed by atoms with Gasteiger partial charge in [0.1, 0.15) is 11.4 Å². The zero-order valence-electron chi connectivity index (χ0n) is 9.93. The molecule has 0 atom stereocenters. The van der Waals surface area contributed by atoms with Crippen LogP contribution >= 0.6 is 15.9 Å². The zero-order valence-corrected chi connectivity index (χ0v) is 11.5. The van der Waals surface area contributed by atoms with Crippen LogP contribution in [0.4, 0.5) is 26.3 Å². The van der Waals surface area contributed by atoms with Crippen molar-refractivity contribution in [1.29, 1.82) is 0 Å². The molecule has 0 fully saturated rings. The van der Waals surface area contributed by atoms with Gasteiger partial charge in [-0.1, -0.05) is 22.0 Å². The molecule has 0 radical (unpaired) electrons. The largest absolute Gasteiger partial charge is 0.433 e. The van der Waals surface area contributed by atoms with E-state index in [4.69, 9.17) is 0 Å². The third kappa shape index (κ3) is 3.72. The summed E-state index contributed by atoms with van der Waals surface area (Å²) >= 11 is 2.87. The highest BCUT2D eigenvalue weighted by Crippen LogP contribution is 2.33. The van der Waals surface area contributed by atoms with Crippen LogP contribution < -0.4 is 0 Å². The standard InChI is InChI=1S/C12H5BrF6N2/c13-6-4-8(21-10(5-6)12(17,18)19)7-2-1-3-9(20-7)11(14,15)16/h1-5H. The topological polar surface area (TPSA) is 25.8 Å². The van der Waals surface area contributed by atoms with Gasteiger partial charge in [0.05, 0.1) is 11.4 Å². The highest BCUT2D eigenvalue weighted by Gasteiger charge is 2.34. The minimum Gasteiger partial charge on any atom is -0.242 e. The highest BCUT2D eigenvalue weighted by molar-refractivity contribution is 9.10. The number of hydrogen-bond acceptors (Lipinski definition) is 2. The molecule has 0 aromatic carbocycles. The molecule has 2 nitrogen and oxygen atoms in total. The van der Waals surface area contributed by atoms with E-state index in [1.54, 1.807) is 0 Å². The lowest BCUT2D eigenvalue weighted by molar-refractivity contribution is -0.142. The summed E-state index contributed by atoms with van der Waals surface area (Å²) in [7, 11) is 0. The summed E-state index contributed by atoms with van der Waals surface area (Å²) in [4.78, 5) is 6.62. The summed E-state index contributed by atoms with van der Waals surface area (Å²) in [6, 6.07) is 4.84. The fourth-order valence-corrected chi connectivity index (χ4v) is 1.94. The molecule has 0 amide bonds. The van der Waals surface area contributed by atoms with Gasteiger partial charge in [-0.2, -0.15) is 26.3 Å². The van der Waals surface area contributed by atoms with Crippen molar-refractivity contribution < 1.29 is 26.3 Å². The maximum Gasteiger partial charge on any atom is 0.433 e. The van der Waals surface area contributed by atoms with Gasteiger partial charge in [-0.25, -0.2) is 9.97 Å². The highest BCUT2D eigenvalue weighted by atomic mass is 79.9. The first kappa shape index (κ1) is 15.7. The number of nitrogens with zero attached hydrogens (tertiary/aromatic N) is 2. The zero-order chi connectivity index (χ0) is 15.8. The lowest BCUT2D eigenvalue weighted by Crippen LogP contribution is -2.10. The van der Waals surface area contributed by atoms with Crippen molar-refractivity contribution >= 4 is 15.9 Å². The first-order valence-corrected chi connectivity index (χ1v) is 6.16. The fraction of sp³-hybridized carbons (Fsp3) is 0.167. The second kappa shape index (κ2) is 5.28. The SMILES string of the molecule is FC(F)(F)c1cccc(-c2cc(Br)cc(C(F)(F)F)n2)n1. The molecule has 2 rings (SSSR count). The van der Waals surface area contributed by atoms with Gasteiger partial charge in [-0.05, 0) is 24.3 Å². The Balaban J connectivity index is 2.55. The molecule has 21 heavy (non-hydrogen) atoms. The lowest BCUT2D eigenvalue weighted by Gasteiger charge is -2.10. The molecule has 0 spiro atoms. The minimum atomic E-state index is -4.71. The molecule has 0 N–H and O–H groups in total. The van der Waals surface area contributed by atoms with Crippen molar-refractivity contribution in [3.63, 3.8) is 0 Å². The summed E-state index contributed by atoms with van der Waals surface area (Å²) in [6.07, 6.45) is -9.39. The molecule has 0 unspecified atom stereocenters. The van der Waals surface area contributed by atoms with Crippen molar-refractivity contribution in [3.8, 4) is 11.4 Å². The van der Waals surface area contributed by atoms with E-state index >= 15 is 0 Å². The number of pyridine rings is 2. The van der Waals surface area contributed by atoms with Crippen LogP contribution in [0.15, 0.2) is 34.8 Å². The maximum absolute atomic E-state index is 12.6.